The Labute approximate surface area is 565 Å². The van der Waals surface area contributed by atoms with Gasteiger partial charge in [-0.2, -0.15) is 0 Å². The van der Waals surface area contributed by atoms with Crippen LogP contribution >= 0.6 is 34.3 Å². The molecule has 96 heavy (non-hydrogen) atoms. The van der Waals surface area contributed by atoms with E-state index in [2.05, 4.69) is 34.7 Å². The second-order valence-electron chi connectivity index (χ2n) is 24.6. The fraction of sp³-hybridized carbons (Fsp3) is 0.265. The number of aromatic nitrogens is 6. The molecule has 1 saturated heterocycles. The van der Waals surface area contributed by atoms with E-state index in [1.54, 1.807) is 69.0 Å². The minimum Gasteiger partial charge on any atom is -0.454 e. The Hall–Kier alpha value is -8.83. The lowest BCUT2D eigenvalue weighted by atomic mass is 9.77. The number of sulfonamides is 2. The summed E-state index contributed by atoms with van der Waals surface area (Å²) in [7, 11) is -2.13. The van der Waals surface area contributed by atoms with E-state index in [0.29, 0.717) is 117 Å². The molecular formula is C68H64BClF2N10O10S4. The smallest absolute Gasteiger partial charge is 0.454 e. The second kappa shape index (κ2) is 24.4. The lowest BCUT2D eigenvalue weighted by Crippen LogP contribution is -2.41. The van der Waals surface area contributed by atoms with Gasteiger partial charge >= 0.3 is 7.12 Å². The first-order valence-electron chi connectivity index (χ1n) is 30.4. The molecule has 0 unspecified atom stereocenters. The fourth-order valence-corrected chi connectivity index (χ4v) is 15.0. The topological polar surface area (TPSA) is 239 Å². The number of hydrogen-bond acceptors (Lipinski definition) is 16. The molecule has 12 aromatic rings. The average molecular weight is 1390 g/mol. The molecule has 0 aliphatic carbocycles. The lowest BCUT2D eigenvalue weighted by Gasteiger charge is -2.32. The number of amides is 2. The highest BCUT2D eigenvalue weighted by Crippen LogP contribution is 2.46. The maximum Gasteiger partial charge on any atom is 0.497 e. The number of thiazole rings is 2. The van der Waals surface area contributed by atoms with E-state index in [-0.39, 0.29) is 23.4 Å². The molecule has 28 heteroatoms. The van der Waals surface area contributed by atoms with Crippen LogP contribution in [0.1, 0.15) is 69.6 Å². The van der Waals surface area contributed by atoms with Crippen molar-refractivity contribution in [3.8, 4) is 55.3 Å². The van der Waals surface area contributed by atoms with E-state index in [9.17, 15) is 35.2 Å². The Balaban J connectivity index is 0.000000139. The number of anilines is 2. The van der Waals surface area contributed by atoms with Gasteiger partial charge in [0.2, 0.25) is 20.0 Å². The molecule has 0 spiro atoms. The first kappa shape index (κ1) is 65.8. The van der Waals surface area contributed by atoms with E-state index in [1.165, 1.54) is 58.8 Å². The third-order valence-corrected chi connectivity index (χ3v) is 22.5. The van der Waals surface area contributed by atoms with Crippen molar-refractivity contribution in [3.63, 3.8) is 0 Å². The van der Waals surface area contributed by atoms with Crippen molar-refractivity contribution in [3.05, 3.63) is 159 Å². The number of nitrogens with one attached hydrogen (secondary N) is 2. The van der Waals surface area contributed by atoms with Crippen molar-refractivity contribution in [2.24, 2.45) is 0 Å². The summed E-state index contributed by atoms with van der Waals surface area (Å²) < 4.78 is 110. The summed E-state index contributed by atoms with van der Waals surface area (Å²) in [5.41, 5.74) is 9.48. The van der Waals surface area contributed by atoms with Gasteiger partial charge in [0.15, 0.2) is 11.5 Å². The summed E-state index contributed by atoms with van der Waals surface area (Å²) in [5.74, 6) is -0.436. The number of carbonyl (C=O) groups excluding carboxylic acids is 2. The fourth-order valence-electron chi connectivity index (χ4n) is 12.3. The van der Waals surface area contributed by atoms with Gasteiger partial charge in [0.25, 0.3) is 11.8 Å². The summed E-state index contributed by atoms with van der Waals surface area (Å²) >= 11 is 8.77. The molecule has 0 radical (unpaired) electrons. The number of rotatable bonds is 10. The molecule has 494 valence electrons. The molecule has 2 N–H and O–H groups in total. The highest BCUT2D eigenvalue weighted by atomic mass is 35.5. The number of fused-ring (bicyclic) bond motifs is 12. The molecule has 0 saturated carbocycles. The zero-order valence-electron chi connectivity index (χ0n) is 54.2. The number of halogens is 3. The molecule has 3 aliphatic heterocycles. The molecule has 15 rings (SSSR count). The number of pyridine rings is 2. The van der Waals surface area contributed by atoms with Gasteiger partial charge < -0.3 is 37.9 Å². The van der Waals surface area contributed by atoms with Gasteiger partial charge in [0.05, 0.1) is 105 Å². The Morgan fingerprint density at radius 1 is 0.625 bits per heavy atom. The van der Waals surface area contributed by atoms with Crippen LogP contribution in [0.3, 0.4) is 0 Å². The third-order valence-electron chi connectivity index (χ3n) is 18.1. The number of benzene rings is 4. The minimum absolute atomic E-state index is 0.192. The molecule has 4 aromatic carbocycles. The molecule has 0 atom stereocenters. The number of furan rings is 2. The van der Waals surface area contributed by atoms with E-state index in [4.69, 9.17) is 34.7 Å². The first-order valence-corrected chi connectivity index (χ1v) is 36.1. The zero-order valence-corrected chi connectivity index (χ0v) is 58.2. The van der Waals surface area contributed by atoms with Gasteiger partial charge in [-0.1, -0.05) is 35.9 Å². The molecule has 0 bridgehead atoms. The summed E-state index contributed by atoms with van der Waals surface area (Å²) in [6, 6.07) is 28.2. The third kappa shape index (κ3) is 11.6. The minimum atomic E-state index is -3.69. The van der Waals surface area contributed by atoms with E-state index in [0.717, 1.165) is 73.5 Å². The molecular weight excluding hydrogens is 1330 g/mol. The van der Waals surface area contributed by atoms with Crippen LogP contribution in [-0.2, 0) is 55.3 Å². The van der Waals surface area contributed by atoms with Crippen LogP contribution in [0.15, 0.2) is 118 Å². The Morgan fingerprint density at radius 2 is 1.08 bits per heavy atom. The van der Waals surface area contributed by atoms with Crippen molar-refractivity contribution >= 4 is 134 Å². The van der Waals surface area contributed by atoms with Gasteiger partial charge in [0.1, 0.15) is 28.0 Å². The van der Waals surface area contributed by atoms with Crippen molar-refractivity contribution < 1.29 is 53.3 Å². The number of hydrogen-bond donors (Lipinski definition) is 2. The Bertz CT molecular complexity index is 5430. The van der Waals surface area contributed by atoms with Gasteiger partial charge in [-0.05, 0) is 126 Å². The van der Waals surface area contributed by atoms with Crippen molar-refractivity contribution in [1.29, 1.82) is 0 Å². The number of carbonyl (C=O) groups is 2. The highest BCUT2D eigenvalue weighted by molar-refractivity contribution is 7.92. The molecule has 8 aromatic heterocycles. The van der Waals surface area contributed by atoms with Crippen molar-refractivity contribution in [1.82, 2.24) is 39.7 Å². The summed E-state index contributed by atoms with van der Waals surface area (Å²) in [4.78, 5) is 45.6. The first-order chi connectivity index (χ1) is 45.4. The molecule has 1 fully saturated rings. The van der Waals surface area contributed by atoms with Crippen molar-refractivity contribution in [2.75, 3.05) is 49.3 Å². The Morgan fingerprint density at radius 3 is 1.55 bits per heavy atom. The lowest BCUT2D eigenvalue weighted by molar-refractivity contribution is 0.00578. The van der Waals surface area contributed by atoms with Crippen LogP contribution < -0.4 is 24.7 Å². The normalized spacial score (nSPS) is 14.6. The molecule has 2 amide bonds. The molecule has 11 heterocycles. The summed E-state index contributed by atoms with van der Waals surface area (Å²) in [6.45, 7) is 12.9. The second-order valence-corrected chi connectivity index (χ2v) is 31.5. The number of nitrogens with zero attached hydrogens (tertiary/aromatic N) is 8. The summed E-state index contributed by atoms with van der Waals surface area (Å²) in [5, 5.41) is 9.68. The van der Waals surface area contributed by atoms with Gasteiger partial charge in [0, 0.05) is 98.4 Å². The van der Waals surface area contributed by atoms with E-state index < -0.39 is 38.4 Å². The predicted molar refractivity (Wildman–Crippen MR) is 375 cm³/mol. The largest absolute Gasteiger partial charge is 0.497 e. The van der Waals surface area contributed by atoms with Gasteiger partial charge in [-0.3, -0.25) is 18.2 Å². The molecule has 3 aliphatic rings. The van der Waals surface area contributed by atoms with Crippen LogP contribution in [0.2, 0.25) is 5.15 Å². The number of aryl methyl sites for hydroxylation is 6. The van der Waals surface area contributed by atoms with Crippen LogP contribution in [0.25, 0.3) is 99.1 Å². The van der Waals surface area contributed by atoms with E-state index >= 15 is 0 Å². The maximum absolute atomic E-state index is 14.7. The maximum atomic E-state index is 14.7. The zero-order chi connectivity index (χ0) is 68.4. The van der Waals surface area contributed by atoms with Crippen LogP contribution in [0.5, 0.6) is 0 Å². The highest BCUT2D eigenvalue weighted by Gasteiger charge is 2.53. The quantitative estimate of drug-likeness (QED) is 0.0956. The molecule has 20 nitrogen and oxygen atoms in total. The predicted octanol–water partition coefficient (Wildman–Crippen LogP) is 13.0. The van der Waals surface area contributed by atoms with Crippen LogP contribution in [-0.4, -0.2) is 117 Å². The standard InChI is InChI=1S/C31H26FN5O4S2.C22H28BN3O6S2.C15H10ClFN2/c1-16-34-15-27(42-16)30-28(31(38)33-2)20-12-19(24(14-26(20)41-30)36(3)43(4,39)40)22-9-8-17-10-11-37-23-7-5-6-21(32)18(23)13-25(37)29(17)35-22;1-12-25-11-17(33-12)19-18(20(27)24-6)13-9-14(23-31-21(2,3)22(4,5)32-23)15(10-16(13)30-19)26(7)34(8,28)29;16-14-5-4-9-6-7-19-12-3-1-2-11(17)10(12)8-13(19)15(9)18-14/h5-9,12-15H,10-11H2,1-4H3,(H,33,38);9-11H,1-8H3,(H,24,27);1-5,8H,6-7H2. The van der Waals surface area contributed by atoms with Crippen LogP contribution in [0.4, 0.5) is 20.2 Å². The van der Waals surface area contributed by atoms with Gasteiger partial charge in [-0.25, -0.2) is 45.6 Å². The Kier molecular flexibility index (Phi) is 16.7. The summed E-state index contributed by atoms with van der Waals surface area (Å²) in [6.07, 6.45) is 7.16. The van der Waals surface area contributed by atoms with Crippen molar-refractivity contribution in [2.45, 2.75) is 78.7 Å². The SMILES string of the molecule is CNC(=O)c1c(-c2cnc(C)s2)oc2cc(N(C)S(C)(=O)=O)c(-c3ccc4c(n3)-c3cc5c(F)cccc5n3CC4)cc12.CNC(=O)c1c(-c2cnc(C)s2)oc2cc(N(C)S(C)(=O)=O)c(B3OC(C)(C)C(C)(C)O3)cc12.Fc1cccc2c1cc1n2CCc2ccc(Cl)nc2-1. The van der Waals surface area contributed by atoms with E-state index in [1.807, 2.05) is 84.0 Å². The average Bonchev–Trinajstić information content (AvgIpc) is 1.55. The monoisotopic (exact) mass is 1390 g/mol. The van der Waals surface area contributed by atoms with Gasteiger partial charge in [-0.15, -0.1) is 22.7 Å². The van der Waals surface area contributed by atoms with Crippen LogP contribution in [0, 0.1) is 25.5 Å².